The minimum absolute atomic E-state index is 0.485. The first-order chi connectivity index (χ1) is 11.7. The Morgan fingerprint density at radius 1 is 1.38 bits per heavy atom. The predicted molar refractivity (Wildman–Crippen MR) is 106 cm³/mol. The summed E-state index contributed by atoms with van der Waals surface area (Å²) in [6.07, 6.45) is 9.89. The van der Waals surface area contributed by atoms with Crippen molar-refractivity contribution in [1.29, 1.82) is 0 Å². The van der Waals surface area contributed by atoms with Crippen LogP contribution in [-0.2, 0) is 6.42 Å². The number of thioether (sulfide) groups is 1. The zero-order chi connectivity index (χ0) is 16.8. The number of aliphatic imine (C=N–C) groups is 1. The molecule has 3 rings (SSSR count). The van der Waals surface area contributed by atoms with E-state index in [2.05, 4.69) is 40.8 Å². The molecule has 1 saturated heterocycles. The zero-order valence-electron chi connectivity index (χ0n) is 15.0. The highest BCUT2D eigenvalue weighted by Gasteiger charge is 2.38. The molecule has 1 N–H and O–H groups in total. The van der Waals surface area contributed by atoms with Gasteiger partial charge in [-0.2, -0.15) is 11.8 Å². The average molecular weight is 367 g/mol. The maximum atomic E-state index is 4.91. The Bertz CT molecular complexity index is 543. The first-order valence-corrected chi connectivity index (χ1v) is 11.1. The summed E-state index contributed by atoms with van der Waals surface area (Å²) in [5.74, 6) is 2.34. The molecule has 0 atom stereocenters. The van der Waals surface area contributed by atoms with Crippen LogP contribution in [0.1, 0.15) is 48.9 Å². The molecule has 2 fully saturated rings. The first kappa shape index (κ1) is 18.1. The lowest BCUT2D eigenvalue weighted by Gasteiger charge is -2.45. The van der Waals surface area contributed by atoms with Crippen molar-refractivity contribution in [1.82, 2.24) is 15.2 Å². The molecule has 1 aliphatic carbocycles. The number of aryl methyl sites for hydroxylation is 1. The summed E-state index contributed by atoms with van der Waals surface area (Å²) >= 11 is 4.00. The van der Waals surface area contributed by atoms with Gasteiger partial charge in [-0.05, 0) is 26.7 Å². The van der Waals surface area contributed by atoms with Gasteiger partial charge in [0, 0.05) is 54.2 Å². The smallest absolute Gasteiger partial charge is 0.194 e. The van der Waals surface area contributed by atoms with Crippen molar-refractivity contribution in [3.8, 4) is 0 Å². The zero-order valence-corrected chi connectivity index (χ0v) is 16.6. The Hall–Kier alpha value is -0.750. The molecule has 4 nitrogen and oxygen atoms in total. The van der Waals surface area contributed by atoms with Crippen LogP contribution in [0.15, 0.2) is 11.2 Å². The molecule has 2 heterocycles. The minimum Gasteiger partial charge on any atom is -0.357 e. The van der Waals surface area contributed by atoms with Crippen LogP contribution >= 0.6 is 23.1 Å². The molecule has 0 bridgehead atoms. The second kappa shape index (κ2) is 8.56. The lowest BCUT2D eigenvalue weighted by molar-refractivity contribution is 0.293. The number of hydrogen-bond acceptors (Lipinski definition) is 4. The van der Waals surface area contributed by atoms with Gasteiger partial charge in [-0.25, -0.2) is 4.98 Å². The van der Waals surface area contributed by atoms with Gasteiger partial charge in [0.05, 0.1) is 5.01 Å². The summed E-state index contributed by atoms with van der Waals surface area (Å²) in [4.78, 5) is 13.2. The maximum absolute atomic E-state index is 4.91. The molecule has 0 amide bonds. The van der Waals surface area contributed by atoms with Crippen LogP contribution in [0.5, 0.6) is 0 Å². The third-order valence-electron chi connectivity index (χ3n) is 4.90. The summed E-state index contributed by atoms with van der Waals surface area (Å²) in [6, 6.07) is 0. The van der Waals surface area contributed by atoms with Gasteiger partial charge < -0.3 is 10.2 Å². The van der Waals surface area contributed by atoms with Crippen LogP contribution in [0.4, 0.5) is 0 Å². The van der Waals surface area contributed by atoms with Crippen LogP contribution in [0, 0.1) is 6.92 Å². The van der Waals surface area contributed by atoms with E-state index in [1.54, 1.807) is 11.3 Å². The number of nitrogens with one attached hydrogen (secondary N) is 1. The van der Waals surface area contributed by atoms with E-state index in [0.717, 1.165) is 32.0 Å². The minimum atomic E-state index is 0.485. The Morgan fingerprint density at radius 2 is 2.21 bits per heavy atom. The van der Waals surface area contributed by atoms with Gasteiger partial charge >= 0.3 is 0 Å². The van der Waals surface area contributed by atoms with Crippen molar-refractivity contribution >= 4 is 29.1 Å². The highest BCUT2D eigenvalue weighted by molar-refractivity contribution is 8.00. The summed E-state index contributed by atoms with van der Waals surface area (Å²) in [6.45, 7) is 8.32. The fourth-order valence-electron chi connectivity index (χ4n) is 3.72. The average Bonchev–Trinajstić information content (AvgIpc) is 3.00. The van der Waals surface area contributed by atoms with E-state index < -0.39 is 0 Å². The van der Waals surface area contributed by atoms with Crippen LogP contribution in [0.25, 0.3) is 0 Å². The molecule has 1 aromatic heterocycles. The molecule has 2 aliphatic rings. The second-order valence-corrected chi connectivity index (χ2v) is 9.75. The fraction of sp³-hybridized carbons (Fsp3) is 0.778. The van der Waals surface area contributed by atoms with Crippen LogP contribution in [0.2, 0.25) is 0 Å². The molecule has 1 aromatic rings. The lowest BCUT2D eigenvalue weighted by Crippen LogP contribution is -2.53. The third kappa shape index (κ3) is 4.66. The van der Waals surface area contributed by atoms with E-state index in [1.807, 2.05) is 6.20 Å². The van der Waals surface area contributed by atoms with E-state index >= 15 is 0 Å². The third-order valence-corrected chi connectivity index (χ3v) is 7.41. The predicted octanol–water partition coefficient (Wildman–Crippen LogP) is 3.71. The molecule has 134 valence electrons. The van der Waals surface area contributed by atoms with Gasteiger partial charge in [0.15, 0.2) is 5.96 Å². The molecule has 0 unspecified atom stereocenters. The van der Waals surface area contributed by atoms with Crippen molar-refractivity contribution in [2.24, 2.45) is 4.99 Å². The highest BCUT2D eigenvalue weighted by Crippen LogP contribution is 2.42. The number of guanidine groups is 1. The Balaban J connectivity index is 1.61. The van der Waals surface area contributed by atoms with E-state index in [9.17, 15) is 0 Å². The van der Waals surface area contributed by atoms with Crippen molar-refractivity contribution in [3.05, 3.63) is 16.1 Å². The van der Waals surface area contributed by atoms with Crippen LogP contribution < -0.4 is 5.32 Å². The molecule has 0 radical (unpaired) electrons. The molecule has 6 heteroatoms. The van der Waals surface area contributed by atoms with Gasteiger partial charge in [-0.1, -0.05) is 19.3 Å². The number of rotatable bonds is 4. The quantitative estimate of drug-likeness (QED) is 0.651. The SMILES string of the molecule is CCNC(=NCCc1ncc(C)s1)N1CCSC2(CCCCC2)C1. The molecular weight excluding hydrogens is 336 g/mol. The normalized spacial score (nSPS) is 21.2. The number of hydrogen-bond donors (Lipinski definition) is 1. The lowest BCUT2D eigenvalue weighted by atomic mass is 9.87. The molecule has 1 spiro atoms. The van der Waals surface area contributed by atoms with Crippen molar-refractivity contribution in [3.63, 3.8) is 0 Å². The summed E-state index contributed by atoms with van der Waals surface area (Å²) in [5, 5.41) is 4.71. The number of nitrogens with zero attached hydrogens (tertiary/aromatic N) is 3. The van der Waals surface area contributed by atoms with Gasteiger partial charge in [-0.3, -0.25) is 4.99 Å². The Kier molecular flexibility index (Phi) is 6.44. The van der Waals surface area contributed by atoms with Gasteiger partial charge in [0.25, 0.3) is 0 Å². The van der Waals surface area contributed by atoms with Crippen LogP contribution in [0.3, 0.4) is 0 Å². The van der Waals surface area contributed by atoms with Gasteiger partial charge in [0.2, 0.25) is 0 Å². The van der Waals surface area contributed by atoms with Crippen molar-refractivity contribution in [2.45, 2.75) is 57.1 Å². The molecule has 1 aliphatic heterocycles. The first-order valence-electron chi connectivity index (χ1n) is 9.29. The van der Waals surface area contributed by atoms with Crippen molar-refractivity contribution in [2.75, 3.05) is 31.9 Å². The van der Waals surface area contributed by atoms with Gasteiger partial charge in [-0.15, -0.1) is 11.3 Å². The monoisotopic (exact) mass is 366 g/mol. The van der Waals surface area contributed by atoms with E-state index in [4.69, 9.17) is 4.99 Å². The summed E-state index contributed by atoms with van der Waals surface area (Å²) in [7, 11) is 0. The standard InChI is InChI=1S/C18H30N4S2/c1-3-19-17(20-10-7-16-21-13-15(2)24-16)22-11-12-23-18(14-22)8-5-4-6-9-18/h13H,3-12,14H2,1-2H3,(H,19,20). The summed E-state index contributed by atoms with van der Waals surface area (Å²) in [5.41, 5.74) is 0. The van der Waals surface area contributed by atoms with Crippen molar-refractivity contribution < 1.29 is 0 Å². The molecule has 1 saturated carbocycles. The highest BCUT2D eigenvalue weighted by atomic mass is 32.2. The summed E-state index contributed by atoms with van der Waals surface area (Å²) < 4.78 is 0.485. The Morgan fingerprint density at radius 3 is 2.92 bits per heavy atom. The number of aromatic nitrogens is 1. The van der Waals surface area contributed by atoms with Gasteiger partial charge in [0.1, 0.15) is 0 Å². The molecule has 24 heavy (non-hydrogen) atoms. The molecule has 0 aromatic carbocycles. The topological polar surface area (TPSA) is 40.5 Å². The van der Waals surface area contributed by atoms with E-state index in [-0.39, 0.29) is 0 Å². The Labute approximate surface area is 154 Å². The fourth-order valence-corrected chi connectivity index (χ4v) is 6.07. The van der Waals surface area contributed by atoms with E-state index in [1.165, 1.54) is 54.3 Å². The van der Waals surface area contributed by atoms with E-state index in [0.29, 0.717) is 4.75 Å². The number of thiazole rings is 1. The van der Waals surface area contributed by atoms with Crippen LogP contribution in [-0.4, -0.2) is 52.5 Å². The molecular formula is C18H30N4S2. The second-order valence-electron chi connectivity index (χ2n) is 6.86. The maximum Gasteiger partial charge on any atom is 0.194 e. The largest absolute Gasteiger partial charge is 0.357 e.